The van der Waals surface area contributed by atoms with Crippen LogP contribution in [0.2, 0.25) is 5.02 Å². The molecule has 0 amide bonds. The predicted molar refractivity (Wildman–Crippen MR) is 78.0 cm³/mol. The number of nitro groups is 1. The molecular formula is C15H9ClN2O2. The van der Waals surface area contributed by atoms with Gasteiger partial charge in [-0.1, -0.05) is 23.7 Å². The van der Waals surface area contributed by atoms with Crippen LogP contribution in [0.3, 0.4) is 0 Å². The minimum atomic E-state index is -0.460. The maximum absolute atomic E-state index is 10.6. The van der Waals surface area contributed by atoms with Gasteiger partial charge in [0.2, 0.25) is 0 Å². The summed E-state index contributed by atoms with van der Waals surface area (Å²) < 4.78 is 0. The van der Waals surface area contributed by atoms with E-state index in [1.807, 2.05) is 0 Å². The van der Waals surface area contributed by atoms with E-state index in [9.17, 15) is 15.4 Å². The summed E-state index contributed by atoms with van der Waals surface area (Å²) in [6.45, 7) is 0. The number of benzene rings is 2. The molecule has 0 radical (unpaired) electrons. The molecule has 0 unspecified atom stereocenters. The van der Waals surface area contributed by atoms with Crippen molar-refractivity contribution in [3.63, 3.8) is 0 Å². The zero-order chi connectivity index (χ0) is 14.5. The van der Waals surface area contributed by atoms with Crippen LogP contribution in [0.5, 0.6) is 0 Å². The Morgan fingerprint density at radius 1 is 1.15 bits per heavy atom. The van der Waals surface area contributed by atoms with E-state index in [-0.39, 0.29) is 5.69 Å². The maximum Gasteiger partial charge on any atom is 0.269 e. The van der Waals surface area contributed by atoms with Gasteiger partial charge in [-0.15, -0.1) is 0 Å². The smallest absolute Gasteiger partial charge is 0.258 e. The van der Waals surface area contributed by atoms with Gasteiger partial charge in [-0.05, 0) is 41.5 Å². The topological polar surface area (TPSA) is 66.9 Å². The molecule has 0 saturated carbocycles. The summed E-state index contributed by atoms with van der Waals surface area (Å²) in [6.07, 6.45) is 1.67. The van der Waals surface area contributed by atoms with Gasteiger partial charge in [-0.2, -0.15) is 5.26 Å². The van der Waals surface area contributed by atoms with Gasteiger partial charge < -0.3 is 0 Å². The third-order valence-corrected chi connectivity index (χ3v) is 2.94. The van der Waals surface area contributed by atoms with Crippen molar-refractivity contribution >= 4 is 28.9 Å². The minimum absolute atomic E-state index is 0.0205. The number of hydrogen-bond acceptors (Lipinski definition) is 3. The first-order chi connectivity index (χ1) is 9.60. The largest absolute Gasteiger partial charge is 0.269 e. The van der Waals surface area contributed by atoms with Crippen LogP contribution < -0.4 is 0 Å². The van der Waals surface area contributed by atoms with Crippen molar-refractivity contribution in [2.45, 2.75) is 0 Å². The molecule has 0 aliphatic carbocycles. The molecule has 0 heterocycles. The molecule has 2 aromatic rings. The van der Waals surface area contributed by atoms with Gasteiger partial charge in [0.15, 0.2) is 0 Å². The van der Waals surface area contributed by atoms with Crippen LogP contribution >= 0.6 is 11.6 Å². The zero-order valence-corrected chi connectivity index (χ0v) is 11.0. The van der Waals surface area contributed by atoms with E-state index in [0.29, 0.717) is 10.6 Å². The Morgan fingerprint density at radius 2 is 1.75 bits per heavy atom. The first-order valence-electron chi connectivity index (χ1n) is 5.72. The Labute approximate surface area is 120 Å². The molecule has 0 fully saturated rings. The van der Waals surface area contributed by atoms with Gasteiger partial charge in [0.05, 0.1) is 16.6 Å². The third kappa shape index (κ3) is 3.22. The molecule has 0 aliphatic rings. The average Bonchev–Trinajstić information content (AvgIpc) is 2.46. The number of nitriles is 1. The second kappa shape index (κ2) is 6.00. The van der Waals surface area contributed by atoms with E-state index in [2.05, 4.69) is 6.07 Å². The summed E-state index contributed by atoms with van der Waals surface area (Å²) in [5.41, 5.74) is 1.96. The molecule has 0 aromatic heterocycles. The van der Waals surface area contributed by atoms with Gasteiger partial charge >= 0.3 is 0 Å². The molecule has 4 nitrogen and oxygen atoms in total. The quantitative estimate of drug-likeness (QED) is 0.365. The number of allylic oxidation sites excluding steroid dienone is 1. The molecule has 0 bridgehead atoms. The Kier molecular flexibility index (Phi) is 4.14. The Bertz CT molecular complexity index is 698. The van der Waals surface area contributed by atoms with Crippen molar-refractivity contribution in [3.8, 4) is 6.07 Å². The van der Waals surface area contributed by atoms with Crippen LogP contribution in [-0.4, -0.2) is 4.92 Å². The number of nitro benzene ring substituents is 1. The monoisotopic (exact) mass is 284 g/mol. The van der Waals surface area contributed by atoms with Crippen LogP contribution in [0.15, 0.2) is 48.5 Å². The van der Waals surface area contributed by atoms with Crippen molar-refractivity contribution in [2.24, 2.45) is 0 Å². The minimum Gasteiger partial charge on any atom is -0.258 e. The summed E-state index contributed by atoms with van der Waals surface area (Å²) in [5.74, 6) is 0. The highest BCUT2D eigenvalue weighted by Crippen LogP contribution is 2.21. The van der Waals surface area contributed by atoms with Crippen molar-refractivity contribution in [1.29, 1.82) is 5.26 Å². The van der Waals surface area contributed by atoms with E-state index >= 15 is 0 Å². The summed E-state index contributed by atoms with van der Waals surface area (Å²) in [6, 6.07) is 15.0. The van der Waals surface area contributed by atoms with Gasteiger partial charge in [0.1, 0.15) is 0 Å². The van der Waals surface area contributed by atoms with Crippen LogP contribution in [0, 0.1) is 21.4 Å². The fourth-order valence-electron chi connectivity index (χ4n) is 1.67. The van der Waals surface area contributed by atoms with Gasteiger partial charge in [0.25, 0.3) is 5.69 Å². The summed E-state index contributed by atoms with van der Waals surface area (Å²) in [4.78, 5) is 10.1. The number of hydrogen-bond donors (Lipinski definition) is 0. The molecule has 98 valence electrons. The van der Waals surface area contributed by atoms with Crippen LogP contribution in [0.1, 0.15) is 11.1 Å². The van der Waals surface area contributed by atoms with E-state index in [1.165, 1.54) is 12.1 Å². The van der Waals surface area contributed by atoms with Crippen molar-refractivity contribution in [1.82, 2.24) is 0 Å². The fourth-order valence-corrected chi connectivity index (χ4v) is 1.79. The molecule has 0 saturated heterocycles. The lowest BCUT2D eigenvalue weighted by atomic mass is 10.0. The maximum atomic E-state index is 10.6. The highest BCUT2D eigenvalue weighted by molar-refractivity contribution is 6.30. The average molecular weight is 285 g/mol. The molecule has 2 aromatic carbocycles. The summed E-state index contributed by atoms with van der Waals surface area (Å²) in [5, 5.41) is 20.4. The molecule has 0 N–H and O–H groups in total. The zero-order valence-electron chi connectivity index (χ0n) is 10.3. The molecule has 5 heteroatoms. The van der Waals surface area contributed by atoms with Crippen LogP contribution in [0.4, 0.5) is 5.69 Å². The molecule has 0 aliphatic heterocycles. The second-order valence-corrected chi connectivity index (χ2v) is 4.46. The van der Waals surface area contributed by atoms with Crippen molar-refractivity contribution in [3.05, 3.63) is 74.8 Å². The molecular weight excluding hydrogens is 276 g/mol. The lowest BCUT2D eigenvalue weighted by Crippen LogP contribution is -1.87. The number of non-ortho nitro benzene ring substituents is 1. The highest BCUT2D eigenvalue weighted by Gasteiger charge is 2.05. The Morgan fingerprint density at radius 3 is 2.25 bits per heavy atom. The SMILES string of the molecule is N#CC(=Cc1ccc([N+](=O)[O-])cc1)c1ccc(Cl)cc1. The van der Waals surface area contributed by atoms with E-state index in [0.717, 1.165) is 11.1 Å². The summed E-state index contributed by atoms with van der Waals surface area (Å²) >= 11 is 5.80. The molecule has 20 heavy (non-hydrogen) atoms. The predicted octanol–water partition coefficient (Wildman–Crippen LogP) is 4.31. The van der Waals surface area contributed by atoms with Crippen molar-refractivity contribution < 1.29 is 4.92 Å². The van der Waals surface area contributed by atoms with Gasteiger partial charge in [-0.25, -0.2) is 0 Å². The van der Waals surface area contributed by atoms with E-state index in [1.54, 1.807) is 42.5 Å². The molecule has 2 rings (SSSR count). The highest BCUT2D eigenvalue weighted by atomic mass is 35.5. The first-order valence-corrected chi connectivity index (χ1v) is 6.10. The third-order valence-electron chi connectivity index (χ3n) is 2.69. The summed E-state index contributed by atoms with van der Waals surface area (Å²) in [7, 11) is 0. The number of halogens is 1. The van der Waals surface area contributed by atoms with Gasteiger partial charge in [-0.3, -0.25) is 10.1 Å². The fraction of sp³-hybridized carbons (Fsp3) is 0. The Balaban J connectivity index is 2.34. The normalized spacial score (nSPS) is 10.9. The standard InChI is InChI=1S/C15H9ClN2O2/c16-14-5-3-12(4-6-14)13(10-17)9-11-1-7-15(8-2-11)18(19)20/h1-9H. The first kappa shape index (κ1) is 13.8. The van der Waals surface area contributed by atoms with Gasteiger partial charge in [0, 0.05) is 17.2 Å². The van der Waals surface area contributed by atoms with Crippen molar-refractivity contribution in [2.75, 3.05) is 0 Å². The molecule has 0 spiro atoms. The van der Waals surface area contributed by atoms with Crippen LogP contribution in [0.25, 0.3) is 11.6 Å². The lowest BCUT2D eigenvalue weighted by Gasteiger charge is -2.00. The Hall–Kier alpha value is -2.64. The number of nitrogens with zero attached hydrogens (tertiary/aromatic N) is 2. The van der Waals surface area contributed by atoms with E-state index in [4.69, 9.17) is 11.6 Å². The molecule has 0 atom stereocenters. The lowest BCUT2D eigenvalue weighted by molar-refractivity contribution is -0.384. The second-order valence-electron chi connectivity index (χ2n) is 4.03. The van der Waals surface area contributed by atoms with E-state index < -0.39 is 4.92 Å². The number of rotatable bonds is 3. The van der Waals surface area contributed by atoms with Crippen LogP contribution in [-0.2, 0) is 0 Å².